The minimum atomic E-state index is -3.13. The molecular formula is C16H21N3O3S. The van der Waals surface area contributed by atoms with E-state index >= 15 is 0 Å². The van der Waals surface area contributed by atoms with Gasteiger partial charge in [-0.25, -0.2) is 13.2 Å². The number of nitrogens with one attached hydrogen (secondary N) is 1. The molecule has 124 valence electrons. The minimum absolute atomic E-state index is 0.0628. The molecule has 0 saturated heterocycles. The second kappa shape index (κ2) is 6.95. The number of amides is 2. The highest BCUT2D eigenvalue weighted by atomic mass is 32.2. The summed E-state index contributed by atoms with van der Waals surface area (Å²) in [6.45, 7) is 2.04. The zero-order valence-corrected chi connectivity index (χ0v) is 14.3. The Morgan fingerprint density at radius 3 is 2.70 bits per heavy atom. The monoisotopic (exact) mass is 335 g/mol. The molecule has 0 saturated carbocycles. The van der Waals surface area contributed by atoms with E-state index in [1.165, 1.54) is 4.90 Å². The third-order valence-electron chi connectivity index (χ3n) is 3.67. The molecule has 2 rings (SSSR count). The summed E-state index contributed by atoms with van der Waals surface area (Å²) >= 11 is 0. The van der Waals surface area contributed by atoms with Crippen molar-refractivity contribution < 1.29 is 13.2 Å². The van der Waals surface area contributed by atoms with Crippen LogP contribution in [0.15, 0.2) is 36.5 Å². The van der Waals surface area contributed by atoms with Crippen LogP contribution in [-0.2, 0) is 16.4 Å². The first-order valence-corrected chi connectivity index (χ1v) is 9.35. The van der Waals surface area contributed by atoms with Gasteiger partial charge >= 0.3 is 6.03 Å². The van der Waals surface area contributed by atoms with E-state index in [0.29, 0.717) is 6.54 Å². The van der Waals surface area contributed by atoms with Crippen molar-refractivity contribution in [2.45, 2.75) is 19.5 Å². The predicted molar refractivity (Wildman–Crippen MR) is 90.9 cm³/mol. The van der Waals surface area contributed by atoms with Crippen LogP contribution in [0.5, 0.6) is 0 Å². The molecule has 2 aromatic rings. The highest BCUT2D eigenvalue weighted by Gasteiger charge is 2.19. The molecule has 0 aliphatic heterocycles. The maximum Gasteiger partial charge on any atom is 0.317 e. The van der Waals surface area contributed by atoms with Gasteiger partial charge in [0.15, 0.2) is 0 Å². The summed E-state index contributed by atoms with van der Waals surface area (Å²) in [5.41, 5.74) is 1.77. The van der Waals surface area contributed by atoms with Crippen molar-refractivity contribution in [3.8, 4) is 0 Å². The van der Waals surface area contributed by atoms with Crippen molar-refractivity contribution in [2.75, 3.05) is 19.1 Å². The van der Waals surface area contributed by atoms with Gasteiger partial charge in [0, 0.05) is 37.5 Å². The molecule has 1 aromatic carbocycles. The van der Waals surface area contributed by atoms with Gasteiger partial charge < -0.3 is 10.2 Å². The topological polar surface area (TPSA) is 79.4 Å². The number of para-hydroxylation sites is 1. The second-order valence-corrected chi connectivity index (χ2v) is 7.89. The lowest BCUT2D eigenvalue weighted by Gasteiger charge is -2.24. The number of urea groups is 1. The number of pyridine rings is 1. The Morgan fingerprint density at radius 2 is 2.00 bits per heavy atom. The first kappa shape index (κ1) is 17.2. The molecule has 7 heteroatoms. The molecule has 0 radical (unpaired) electrons. The smallest absolute Gasteiger partial charge is 0.317 e. The molecular weight excluding hydrogens is 314 g/mol. The van der Waals surface area contributed by atoms with Gasteiger partial charge in [-0.2, -0.15) is 0 Å². The molecule has 0 aliphatic carbocycles. The average Bonchev–Trinajstić information content (AvgIpc) is 2.50. The molecule has 0 fully saturated rings. The fraction of sp³-hybridized carbons (Fsp3) is 0.375. The molecule has 1 N–H and O–H groups in total. The van der Waals surface area contributed by atoms with Gasteiger partial charge in [-0.05, 0) is 18.6 Å². The van der Waals surface area contributed by atoms with Crippen molar-refractivity contribution in [3.05, 3.63) is 42.1 Å². The van der Waals surface area contributed by atoms with Crippen molar-refractivity contribution in [3.63, 3.8) is 0 Å². The summed E-state index contributed by atoms with van der Waals surface area (Å²) in [5.74, 6) is -0.0628. The normalized spacial score (nSPS) is 12.8. The number of hydrogen-bond acceptors (Lipinski definition) is 4. The van der Waals surface area contributed by atoms with Crippen LogP contribution in [0, 0.1) is 0 Å². The lowest BCUT2D eigenvalue weighted by atomic mass is 10.1. The Hall–Kier alpha value is -2.15. The van der Waals surface area contributed by atoms with E-state index in [1.807, 2.05) is 30.3 Å². The quantitative estimate of drug-likeness (QED) is 0.904. The number of nitrogens with zero attached hydrogens (tertiary/aromatic N) is 2. The number of carbonyl (C=O) groups is 1. The fourth-order valence-electron chi connectivity index (χ4n) is 2.36. The van der Waals surface area contributed by atoms with Crippen LogP contribution >= 0.6 is 0 Å². The van der Waals surface area contributed by atoms with Crippen molar-refractivity contribution in [2.24, 2.45) is 0 Å². The van der Waals surface area contributed by atoms with E-state index in [1.54, 1.807) is 20.2 Å². The zero-order chi connectivity index (χ0) is 17.0. The van der Waals surface area contributed by atoms with Gasteiger partial charge in [-0.3, -0.25) is 4.98 Å². The number of carbonyl (C=O) groups excluding carboxylic acids is 1. The van der Waals surface area contributed by atoms with Crippen molar-refractivity contribution >= 4 is 26.8 Å². The van der Waals surface area contributed by atoms with Gasteiger partial charge in [0.2, 0.25) is 0 Å². The molecule has 6 nitrogen and oxygen atoms in total. The van der Waals surface area contributed by atoms with E-state index in [0.717, 1.165) is 22.7 Å². The molecule has 23 heavy (non-hydrogen) atoms. The first-order chi connectivity index (χ1) is 10.8. The van der Waals surface area contributed by atoms with Crippen molar-refractivity contribution in [1.82, 2.24) is 15.2 Å². The zero-order valence-electron chi connectivity index (χ0n) is 13.5. The van der Waals surface area contributed by atoms with Gasteiger partial charge in [-0.15, -0.1) is 0 Å². The van der Waals surface area contributed by atoms with Gasteiger partial charge in [0.05, 0.1) is 11.3 Å². The van der Waals surface area contributed by atoms with E-state index in [9.17, 15) is 13.2 Å². The van der Waals surface area contributed by atoms with E-state index in [2.05, 4.69) is 10.3 Å². The highest BCUT2D eigenvalue weighted by Crippen LogP contribution is 2.15. The highest BCUT2D eigenvalue weighted by molar-refractivity contribution is 7.90. The number of sulfone groups is 1. The molecule has 0 unspecified atom stereocenters. The number of fused-ring (bicyclic) bond motifs is 1. The van der Waals surface area contributed by atoms with Crippen LogP contribution in [0.1, 0.15) is 12.5 Å². The Kier molecular flexibility index (Phi) is 5.20. The summed E-state index contributed by atoms with van der Waals surface area (Å²) < 4.78 is 22.7. The van der Waals surface area contributed by atoms with Crippen LogP contribution in [0.2, 0.25) is 0 Å². The summed E-state index contributed by atoms with van der Waals surface area (Å²) in [6, 6.07) is 8.93. The second-order valence-electron chi connectivity index (χ2n) is 5.70. The average molecular weight is 335 g/mol. The van der Waals surface area contributed by atoms with Crippen LogP contribution in [-0.4, -0.2) is 49.4 Å². The third kappa shape index (κ3) is 4.66. The first-order valence-electron chi connectivity index (χ1n) is 7.29. The summed E-state index contributed by atoms with van der Waals surface area (Å²) in [4.78, 5) is 17.9. The maximum atomic E-state index is 12.2. The van der Waals surface area contributed by atoms with Gasteiger partial charge in [-0.1, -0.05) is 24.3 Å². The number of benzene rings is 1. The molecule has 0 spiro atoms. The summed E-state index contributed by atoms with van der Waals surface area (Å²) in [7, 11) is -1.54. The SMILES string of the molecule is C[C@@H](CS(C)(=O)=O)N(C)C(=O)NCc1cccc2cccnc12. The van der Waals surface area contributed by atoms with Crippen molar-refractivity contribution in [1.29, 1.82) is 0 Å². The molecule has 1 aromatic heterocycles. The Balaban J connectivity index is 2.03. The summed E-state index contributed by atoms with van der Waals surface area (Å²) in [5, 5.41) is 3.82. The van der Waals surface area contributed by atoms with Crippen LogP contribution in [0.25, 0.3) is 10.9 Å². The minimum Gasteiger partial charge on any atom is -0.334 e. The van der Waals surface area contributed by atoms with E-state index in [-0.39, 0.29) is 11.8 Å². The van der Waals surface area contributed by atoms with E-state index < -0.39 is 15.9 Å². The maximum absolute atomic E-state index is 12.2. The number of hydrogen-bond donors (Lipinski definition) is 1. The van der Waals surface area contributed by atoms with Gasteiger partial charge in [0.1, 0.15) is 9.84 Å². The number of rotatable bonds is 5. The third-order valence-corrected chi connectivity index (χ3v) is 4.76. The molecule has 0 aliphatic rings. The Labute approximate surface area is 136 Å². The Morgan fingerprint density at radius 1 is 1.30 bits per heavy atom. The van der Waals surface area contributed by atoms with Crippen LogP contribution in [0.3, 0.4) is 0 Å². The summed E-state index contributed by atoms with van der Waals surface area (Å²) in [6.07, 6.45) is 2.88. The molecule has 2 amide bonds. The Bertz CT molecular complexity index is 800. The lowest BCUT2D eigenvalue weighted by Crippen LogP contribution is -2.44. The van der Waals surface area contributed by atoms with E-state index in [4.69, 9.17) is 0 Å². The number of aromatic nitrogens is 1. The van der Waals surface area contributed by atoms with Gasteiger partial charge in [0.25, 0.3) is 0 Å². The van der Waals surface area contributed by atoms with Crippen LogP contribution < -0.4 is 5.32 Å². The standard InChI is InChI=1S/C16H21N3O3S/c1-12(11-23(3,21)22)19(2)16(20)18-10-14-7-4-6-13-8-5-9-17-15(13)14/h4-9,12H,10-11H2,1-3H3,(H,18,20)/t12-/m0/s1. The fourth-order valence-corrected chi connectivity index (χ4v) is 3.46. The molecule has 0 bridgehead atoms. The largest absolute Gasteiger partial charge is 0.334 e. The molecule has 1 atom stereocenters. The van der Waals surface area contributed by atoms with Crippen LogP contribution in [0.4, 0.5) is 4.79 Å². The predicted octanol–water partition coefficient (Wildman–Crippen LogP) is 1.81. The lowest BCUT2D eigenvalue weighted by molar-refractivity contribution is 0.197. The molecule has 1 heterocycles.